The first kappa shape index (κ1) is 36.8. The minimum Gasteiger partial charge on any atom is -0.456 e. The van der Waals surface area contributed by atoms with Crippen molar-refractivity contribution in [3.05, 3.63) is 217 Å². The quantitative estimate of drug-likeness (QED) is 0.167. The summed E-state index contributed by atoms with van der Waals surface area (Å²) in [4.78, 5) is 0. The van der Waals surface area contributed by atoms with Crippen LogP contribution in [0.2, 0.25) is 0 Å². The van der Waals surface area contributed by atoms with Gasteiger partial charge in [-0.25, -0.2) is 0 Å². The van der Waals surface area contributed by atoms with Crippen LogP contribution in [0, 0.1) is 0 Å². The van der Waals surface area contributed by atoms with Crippen LogP contribution in [-0.2, 0) is 6.42 Å². The zero-order valence-electron chi connectivity index (χ0n) is 33.7. The molecule has 0 aliphatic heterocycles. The summed E-state index contributed by atoms with van der Waals surface area (Å²) in [5, 5.41) is 7.40. The Morgan fingerprint density at radius 1 is 0.500 bits per heavy atom. The van der Waals surface area contributed by atoms with Crippen LogP contribution in [0.25, 0.3) is 88.2 Å². The summed E-state index contributed by atoms with van der Waals surface area (Å²) in [6, 6.07) is 67.0. The molecule has 4 nitrogen and oxygen atoms in total. The fourth-order valence-corrected chi connectivity index (χ4v) is 8.86. The lowest BCUT2D eigenvalue weighted by Crippen LogP contribution is -2.01. The third-order valence-electron chi connectivity index (χ3n) is 11.6. The summed E-state index contributed by atoms with van der Waals surface area (Å²) in [6.45, 7) is 5.88. The van der Waals surface area contributed by atoms with E-state index < -0.39 is 0 Å². The number of hydrogen-bond acceptors (Lipinski definition) is 2. The smallest absolute Gasteiger partial charge is 0.135 e. The van der Waals surface area contributed by atoms with Crippen LogP contribution in [0.4, 0.5) is 0 Å². The molecule has 0 spiro atoms. The summed E-state index contributed by atoms with van der Waals surface area (Å²) in [6.07, 6.45) is 5.30. The number of benzene rings is 8. The third-order valence-corrected chi connectivity index (χ3v) is 11.6. The highest BCUT2D eigenvalue weighted by Gasteiger charge is 2.18. The SMILES string of the molecule is C=C(N)c1ccccc1.CCC/C(=C\Cc1ccc2c(c1)oc1ccccc12)c1cc(-n2c3ccccc3c3ccccc32)cc(-n2c3ccccc3c3ccccc32)c1. The van der Waals surface area contributed by atoms with Gasteiger partial charge in [0.05, 0.1) is 22.1 Å². The Hall–Kier alpha value is -7.56. The second-order valence-corrected chi connectivity index (χ2v) is 15.5. The molecule has 0 atom stereocenters. The molecule has 2 N–H and O–H groups in total. The predicted molar refractivity (Wildman–Crippen MR) is 255 cm³/mol. The summed E-state index contributed by atoms with van der Waals surface area (Å²) in [7, 11) is 0. The molecule has 60 heavy (non-hydrogen) atoms. The van der Waals surface area contributed by atoms with Gasteiger partial charge in [-0.05, 0) is 89.7 Å². The number of nitrogens with zero attached hydrogens (tertiary/aromatic N) is 2. The first-order valence-corrected chi connectivity index (χ1v) is 20.8. The topological polar surface area (TPSA) is 49.0 Å². The van der Waals surface area contributed by atoms with E-state index in [1.54, 1.807) is 0 Å². The Morgan fingerprint density at radius 3 is 1.47 bits per heavy atom. The van der Waals surface area contributed by atoms with E-state index in [0.717, 1.165) is 47.4 Å². The minimum absolute atomic E-state index is 0.621. The average molecular weight is 776 g/mol. The fourth-order valence-electron chi connectivity index (χ4n) is 8.86. The van der Waals surface area contributed by atoms with Crippen LogP contribution in [0.5, 0.6) is 0 Å². The van der Waals surface area contributed by atoms with Crippen LogP contribution in [-0.4, -0.2) is 9.13 Å². The Bertz CT molecular complexity index is 3160. The molecule has 290 valence electrons. The van der Waals surface area contributed by atoms with Crippen molar-refractivity contribution < 1.29 is 4.42 Å². The van der Waals surface area contributed by atoms with Crippen LogP contribution in [0.1, 0.15) is 36.5 Å². The van der Waals surface area contributed by atoms with Gasteiger partial charge in [-0.1, -0.05) is 159 Å². The zero-order chi connectivity index (χ0) is 40.6. The van der Waals surface area contributed by atoms with Gasteiger partial charge in [0.1, 0.15) is 11.2 Å². The van der Waals surface area contributed by atoms with E-state index >= 15 is 0 Å². The highest BCUT2D eigenvalue weighted by atomic mass is 16.3. The van der Waals surface area contributed by atoms with Gasteiger partial charge >= 0.3 is 0 Å². The first-order chi connectivity index (χ1) is 29.6. The number of nitrogens with two attached hydrogens (primary N) is 1. The molecule has 0 radical (unpaired) electrons. The molecule has 11 aromatic rings. The highest BCUT2D eigenvalue weighted by molar-refractivity contribution is 6.11. The number of aromatic nitrogens is 2. The van der Waals surface area contributed by atoms with E-state index in [1.807, 2.05) is 42.5 Å². The molecule has 8 aromatic carbocycles. The summed E-state index contributed by atoms with van der Waals surface area (Å²) >= 11 is 0. The van der Waals surface area contributed by atoms with Crippen molar-refractivity contribution in [2.24, 2.45) is 5.73 Å². The van der Waals surface area contributed by atoms with Crippen LogP contribution >= 0.6 is 0 Å². The molecule has 0 saturated heterocycles. The maximum atomic E-state index is 6.26. The lowest BCUT2D eigenvalue weighted by Gasteiger charge is -2.17. The Labute approximate surface area is 349 Å². The Morgan fingerprint density at radius 2 is 0.967 bits per heavy atom. The molecule has 0 amide bonds. The average Bonchev–Trinajstić information content (AvgIpc) is 3.96. The van der Waals surface area contributed by atoms with Gasteiger partial charge in [-0.15, -0.1) is 0 Å². The van der Waals surface area contributed by atoms with Crippen molar-refractivity contribution >= 4 is 76.8 Å². The van der Waals surface area contributed by atoms with Crippen molar-refractivity contribution in [3.63, 3.8) is 0 Å². The maximum Gasteiger partial charge on any atom is 0.135 e. The molecule has 0 aliphatic rings. The van der Waals surface area contributed by atoms with E-state index in [2.05, 4.69) is 174 Å². The van der Waals surface area contributed by atoms with Gasteiger partial charge in [0.15, 0.2) is 0 Å². The van der Waals surface area contributed by atoms with Crippen LogP contribution < -0.4 is 5.73 Å². The van der Waals surface area contributed by atoms with Crippen molar-refractivity contribution in [2.75, 3.05) is 0 Å². The maximum absolute atomic E-state index is 6.26. The second kappa shape index (κ2) is 15.7. The fraction of sp³-hybridized carbons (Fsp3) is 0.0714. The number of fused-ring (bicyclic) bond motifs is 9. The second-order valence-electron chi connectivity index (χ2n) is 15.5. The van der Waals surface area contributed by atoms with Crippen LogP contribution in [0.3, 0.4) is 0 Å². The van der Waals surface area contributed by atoms with Gasteiger partial charge in [0.2, 0.25) is 0 Å². The van der Waals surface area contributed by atoms with Crippen molar-refractivity contribution in [2.45, 2.75) is 26.2 Å². The molecule has 0 saturated carbocycles. The number of allylic oxidation sites excluding steroid dienone is 2. The molecular formula is C56H45N3O. The van der Waals surface area contributed by atoms with Gasteiger partial charge in [0.25, 0.3) is 0 Å². The van der Waals surface area contributed by atoms with Crippen LogP contribution in [0.15, 0.2) is 205 Å². The molecule has 0 bridgehead atoms. The zero-order valence-corrected chi connectivity index (χ0v) is 33.7. The van der Waals surface area contributed by atoms with Gasteiger partial charge < -0.3 is 19.3 Å². The van der Waals surface area contributed by atoms with Gasteiger partial charge in [-0.3, -0.25) is 0 Å². The molecule has 0 fully saturated rings. The molecule has 0 unspecified atom stereocenters. The number of para-hydroxylation sites is 5. The van der Waals surface area contributed by atoms with E-state index in [0.29, 0.717) is 5.70 Å². The molecule has 3 heterocycles. The number of rotatable bonds is 8. The molecule has 3 aromatic heterocycles. The third kappa shape index (κ3) is 6.62. The Kier molecular flexibility index (Phi) is 9.59. The number of furan rings is 1. The van der Waals surface area contributed by atoms with Gasteiger partial charge in [-0.2, -0.15) is 0 Å². The standard InChI is InChI=1S/C48H36N2O.C8H9N/c1-2-13-33(26-24-32-25-27-42-41-18-7-12-23-47(41)51-48(42)28-32)34-29-35(49-43-19-8-3-14-37(43)38-15-4-9-20-44(38)49)31-36(30-34)50-45-21-10-5-16-39(45)40-17-6-11-22-46(40)50;1-7(9)8-5-3-2-4-6-8/h3-12,14-23,25-31H,2,13,24H2,1H3;2-6H,1,9H2/b33-26+;. The van der Waals surface area contributed by atoms with E-state index in [1.165, 1.54) is 71.1 Å². The number of hydrogen-bond donors (Lipinski definition) is 1. The molecule has 0 aliphatic carbocycles. The summed E-state index contributed by atoms with van der Waals surface area (Å²) in [5.74, 6) is 0. The highest BCUT2D eigenvalue weighted by Crippen LogP contribution is 2.38. The Balaban J connectivity index is 0.000000429. The molecule has 11 rings (SSSR count). The van der Waals surface area contributed by atoms with E-state index in [4.69, 9.17) is 10.2 Å². The molecular weight excluding hydrogens is 731 g/mol. The van der Waals surface area contributed by atoms with Gasteiger partial charge in [0, 0.05) is 49.4 Å². The van der Waals surface area contributed by atoms with E-state index in [9.17, 15) is 0 Å². The summed E-state index contributed by atoms with van der Waals surface area (Å²) < 4.78 is 11.2. The lowest BCUT2D eigenvalue weighted by molar-refractivity contribution is 0.668. The normalized spacial score (nSPS) is 11.8. The minimum atomic E-state index is 0.621. The summed E-state index contributed by atoms with van der Waals surface area (Å²) in [5.41, 5.74) is 19.9. The largest absolute Gasteiger partial charge is 0.456 e. The van der Waals surface area contributed by atoms with Crippen molar-refractivity contribution in [1.82, 2.24) is 9.13 Å². The first-order valence-electron chi connectivity index (χ1n) is 20.8. The lowest BCUT2D eigenvalue weighted by atomic mass is 9.97. The van der Waals surface area contributed by atoms with Crippen molar-refractivity contribution in [3.8, 4) is 11.4 Å². The predicted octanol–water partition coefficient (Wildman–Crippen LogP) is 14.8. The van der Waals surface area contributed by atoms with E-state index in [-0.39, 0.29) is 0 Å². The van der Waals surface area contributed by atoms with Crippen molar-refractivity contribution in [1.29, 1.82) is 0 Å². The molecule has 4 heteroatoms. The monoisotopic (exact) mass is 775 g/mol.